The first-order valence-corrected chi connectivity index (χ1v) is 5.81. The summed E-state index contributed by atoms with van der Waals surface area (Å²) in [5.74, 6) is 1.87. The number of ether oxygens (including phenoxy) is 2. The second-order valence-corrected chi connectivity index (χ2v) is 4.27. The van der Waals surface area contributed by atoms with Crippen molar-refractivity contribution in [2.45, 2.75) is 12.8 Å². The lowest BCUT2D eigenvalue weighted by Crippen LogP contribution is -2.23. The number of hydrogen-bond acceptors (Lipinski definition) is 3. The van der Waals surface area contributed by atoms with E-state index in [1.807, 2.05) is 11.0 Å². The van der Waals surface area contributed by atoms with Crippen molar-refractivity contribution < 1.29 is 9.47 Å². The van der Waals surface area contributed by atoms with Gasteiger partial charge in [-0.05, 0) is 6.42 Å². The van der Waals surface area contributed by atoms with Crippen molar-refractivity contribution in [2.75, 3.05) is 25.7 Å². The van der Waals surface area contributed by atoms with Gasteiger partial charge in [-0.15, -0.1) is 0 Å². The fourth-order valence-corrected chi connectivity index (χ4v) is 2.23. The quantitative estimate of drug-likeness (QED) is 0.902. The Morgan fingerprint density at radius 3 is 2.47 bits per heavy atom. The molecule has 1 fully saturated rings. The van der Waals surface area contributed by atoms with Crippen molar-refractivity contribution in [3.63, 3.8) is 0 Å². The van der Waals surface area contributed by atoms with Crippen LogP contribution < -0.4 is 14.4 Å². The molecule has 1 N–H and O–H groups in total. The predicted molar refractivity (Wildman–Crippen MR) is 68.9 cm³/mol. The molecule has 92 valence electrons. The van der Waals surface area contributed by atoms with Crippen LogP contribution in [0.2, 0.25) is 5.02 Å². The van der Waals surface area contributed by atoms with E-state index in [1.54, 1.807) is 20.3 Å². The first kappa shape index (κ1) is 12.0. The number of anilines is 1. The highest BCUT2D eigenvalue weighted by atomic mass is 35.5. The Morgan fingerprint density at radius 2 is 1.94 bits per heavy atom. The minimum atomic E-state index is 0.513. The maximum atomic E-state index is 7.89. The summed E-state index contributed by atoms with van der Waals surface area (Å²) in [6.45, 7) is 0.833. The number of benzene rings is 1. The molecule has 0 amide bonds. The van der Waals surface area contributed by atoms with Gasteiger partial charge in [0.05, 0.1) is 24.9 Å². The summed E-state index contributed by atoms with van der Waals surface area (Å²) in [6.07, 6.45) is 1.79. The van der Waals surface area contributed by atoms with Crippen LogP contribution in [0.5, 0.6) is 11.5 Å². The molecule has 1 aliphatic rings. The zero-order valence-electron chi connectivity index (χ0n) is 9.92. The first-order valence-electron chi connectivity index (χ1n) is 5.44. The van der Waals surface area contributed by atoms with E-state index in [2.05, 4.69) is 0 Å². The second-order valence-electron chi connectivity index (χ2n) is 3.86. The van der Waals surface area contributed by atoms with Gasteiger partial charge < -0.3 is 14.4 Å². The van der Waals surface area contributed by atoms with Crippen LogP contribution in [-0.2, 0) is 0 Å². The number of rotatable bonds is 3. The van der Waals surface area contributed by atoms with Gasteiger partial charge in [0.15, 0.2) is 0 Å². The van der Waals surface area contributed by atoms with Crippen molar-refractivity contribution >= 4 is 23.1 Å². The average molecular weight is 255 g/mol. The van der Waals surface area contributed by atoms with Gasteiger partial charge in [0.2, 0.25) is 0 Å². The molecule has 2 rings (SSSR count). The van der Waals surface area contributed by atoms with E-state index in [9.17, 15) is 0 Å². The first-order chi connectivity index (χ1) is 8.17. The summed E-state index contributed by atoms with van der Waals surface area (Å²) in [7, 11) is 3.17. The van der Waals surface area contributed by atoms with Gasteiger partial charge in [-0.1, -0.05) is 11.6 Å². The van der Waals surface area contributed by atoms with Crippen LogP contribution in [0.3, 0.4) is 0 Å². The summed E-state index contributed by atoms with van der Waals surface area (Å²) in [6, 6.07) is 3.54. The van der Waals surface area contributed by atoms with Crippen LogP contribution in [0.25, 0.3) is 0 Å². The van der Waals surface area contributed by atoms with E-state index < -0.39 is 0 Å². The summed E-state index contributed by atoms with van der Waals surface area (Å²) in [4.78, 5) is 1.93. The Morgan fingerprint density at radius 1 is 1.24 bits per heavy atom. The molecule has 0 bridgehead atoms. The number of hydrogen-bond donors (Lipinski definition) is 1. The Kier molecular flexibility index (Phi) is 3.43. The van der Waals surface area contributed by atoms with Gasteiger partial charge in [-0.3, -0.25) is 5.41 Å². The molecule has 0 radical (unpaired) electrons. The molecular formula is C12H15ClN2O2. The smallest absolute Gasteiger partial charge is 0.144 e. The highest BCUT2D eigenvalue weighted by Gasteiger charge is 2.23. The predicted octanol–water partition coefficient (Wildman–Crippen LogP) is 2.93. The lowest BCUT2D eigenvalue weighted by atomic mass is 10.2. The third-order valence-electron chi connectivity index (χ3n) is 2.87. The van der Waals surface area contributed by atoms with E-state index in [-0.39, 0.29) is 0 Å². The Balaban J connectivity index is 2.47. The van der Waals surface area contributed by atoms with Crippen LogP contribution in [0.1, 0.15) is 12.8 Å². The molecule has 0 saturated carbocycles. The molecule has 1 heterocycles. The topological polar surface area (TPSA) is 45.5 Å². The Hall–Kier alpha value is -1.42. The molecule has 17 heavy (non-hydrogen) atoms. The fourth-order valence-electron chi connectivity index (χ4n) is 2.00. The molecule has 1 aromatic carbocycles. The zero-order chi connectivity index (χ0) is 12.4. The van der Waals surface area contributed by atoms with Gasteiger partial charge in [0.25, 0.3) is 0 Å². The highest BCUT2D eigenvalue weighted by molar-refractivity contribution is 6.32. The van der Waals surface area contributed by atoms with Gasteiger partial charge in [0, 0.05) is 25.1 Å². The fraction of sp³-hybridized carbons (Fsp3) is 0.417. The van der Waals surface area contributed by atoms with Crippen LogP contribution in [0.15, 0.2) is 12.1 Å². The van der Waals surface area contributed by atoms with Gasteiger partial charge >= 0.3 is 0 Å². The van der Waals surface area contributed by atoms with Gasteiger partial charge in [-0.2, -0.15) is 0 Å². The van der Waals surface area contributed by atoms with Crippen LogP contribution in [-0.4, -0.2) is 26.6 Å². The van der Waals surface area contributed by atoms with Gasteiger partial charge in [0.1, 0.15) is 17.3 Å². The molecule has 4 nitrogen and oxygen atoms in total. The molecule has 0 unspecified atom stereocenters. The van der Waals surface area contributed by atoms with Crippen molar-refractivity contribution in [3.05, 3.63) is 17.2 Å². The van der Waals surface area contributed by atoms with Crippen LogP contribution in [0.4, 0.5) is 5.69 Å². The molecule has 0 aromatic heterocycles. The lowest BCUT2D eigenvalue weighted by Gasteiger charge is -2.21. The highest BCUT2D eigenvalue weighted by Crippen LogP contribution is 2.39. The number of nitrogens with zero attached hydrogens (tertiary/aromatic N) is 1. The Bertz CT molecular complexity index is 448. The van der Waals surface area contributed by atoms with Crippen LogP contribution >= 0.6 is 11.6 Å². The van der Waals surface area contributed by atoms with Crippen molar-refractivity contribution in [1.82, 2.24) is 0 Å². The summed E-state index contributed by atoms with van der Waals surface area (Å²) in [5, 5.41) is 8.41. The monoisotopic (exact) mass is 254 g/mol. The molecule has 1 aromatic rings. The minimum absolute atomic E-state index is 0.513. The van der Waals surface area contributed by atoms with Crippen molar-refractivity contribution in [2.24, 2.45) is 0 Å². The summed E-state index contributed by atoms with van der Waals surface area (Å²) in [5.41, 5.74) is 0.844. The molecule has 0 atom stereocenters. The van der Waals surface area contributed by atoms with E-state index in [0.29, 0.717) is 22.4 Å². The maximum Gasteiger partial charge on any atom is 0.144 e. The zero-order valence-corrected chi connectivity index (χ0v) is 10.7. The number of nitrogens with one attached hydrogen (secondary N) is 1. The number of methoxy groups -OCH3 is 2. The van der Waals surface area contributed by atoms with E-state index >= 15 is 0 Å². The van der Waals surface area contributed by atoms with E-state index in [4.69, 9.17) is 26.5 Å². The molecular weight excluding hydrogens is 240 g/mol. The molecule has 1 saturated heterocycles. The summed E-state index contributed by atoms with van der Waals surface area (Å²) >= 11 is 6.05. The normalized spacial score (nSPS) is 15.2. The molecule has 5 heteroatoms. The van der Waals surface area contributed by atoms with Gasteiger partial charge in [-0.25, -0.2) is 0 Å². The molecule has 1 aliphatic heterocycles. The summed E-state index contributed by atoms with van der Waals surface area (Å²) < 4.78 is 10.5. The largest absolute Gasteiger partial charge is 0.495 e. The third-order valence-corrected chi connectivity index (χ3v) is 3.16. The number of amidine groups is 1. The molecule has 0 aliphatic carbocycles. The van der Waals surface area contributed by atoms with Crippen LogP contribution in [0, 0.1) is 5.41 Å². The maximum absolute atomic E-state index is 7.89. The molecule has 0 spiro atoms. The second kappa shape index (κ2) is 4.84. The Labute approximate surface area is 106 Å². The average Bonchev–Trinajstić information content (AvgIpc) is 2.75. The minimum Gasteiger partial charge on any atom is -0.495 e. The number of halogens is 1. The third kappa shape index (κ3) is 2.17. The van der Waals surface area contributed by atoms with Crippen molar-refractivity contribution in [1.29, 1.82) is 5.41 Å². The lowest BCUT2D eigenvalue weighted by molar-refractivity contribution is 0.404. The SMILES string of the molecule is COc1cc(N2CCCC2=N)c(OC)cc1Cl. The standard InChI is InChI=1S/C12H15ClN2O2/c1-16-10-7-9(11(17-2)6-8(10)13)15-5-3-4-12(15)14/h6-7,14H,3-5H2,1-2H3. The van der Waals surface area contributed by atoms with Crippen molar-refractivity contribution in [3.8, 4) is 11.5 Å². The van der Waals surface area contributed by atoms with E-state index in [1.165, 1.54) is 0 Å². The van der Waals surface area contributed by atoms with E-state index in [0.717, 1.165) is 25.1 Å².